The monoisotopic (exact) mass is 216 g/mol. The minimum Gasteiger partial charge on any atom is -0.317 e. The highest BCUT2D eigenvalue weighted by Crippen LogP contribution is 2.26. The molecule has 0 bridgehead atoms. The van der Waals surface area contributed by atoms with E-state index in [2.05, 4.69) is 15.5 Å². The number of aromatic nitrogens is 3. The number of rotatable bonds is 2. The van der Waals surface area contributed by atoms with E-state index in [0.717, 1.165) is 25.9 Å². The van der Waals surface area contributed by atoms with Crippen molar-refractivity contribution < 1.29 is 8.78 Å². The molecule has 0 aromatic carbocycles. The maximum atomic E-state index is 12.7. The summed E-state index contributed by atoms with van der Waals surface area (Å²) in [5, 5.41) is 10.5. The van der Waals surface area contributed by atoms with Crippen LogP contribution in [0.5, 0.6) is 0 Å². The molecule has 1 N–H and O–H groups in total. The molecule has 4 nitrogen and oxygen atoms in total. The lowest BCUT2D eigenvalue weighted by Gasteiger charge is -2.25. The van der Waals surface area contributed by atoms with Gasteiger partial charge >= 0.3 is 0 Å². The van der Waals surface area contributed by atoms with Crippen molar-refractivity contribution in [3.05, 3.63) is 11.6 Å². The van der Waals surface area contributed by atoms with Crippen molar-refractivity contribution >= 4 is 0 Å². The predicted octanol–water partition coefficient (Wildman–Crippen LogP) is 1.45. The van der Waals surface area contributed by atoms with Crippen LogP contribution in [-0.2, 0) is 0 Å². The van der Waals surface area contributed by atoms with Crippen molar-refractivity contribution in [2.75, 3.05) is 13.1 Å². The fourth-order valence-corrected chi connectivity index (χ4v) is 2.05. The Morgan fingerprint density at radius 2 is 2.00 bits per heavy atom. The van der Waals surface area contributed by atoms with Crippen molar-refractivity contribution in [1.82, 2.24) is 20.1 Å². The number of hydrogen-bond acceptors (Lipinski definition) is 3. The Balaban J connectivity index is 2.28. The Morgan fingerprint density at radius 3 is 2.60 bits per heavy atom. The smallest absolute Gasteiger partial charge is 0.297 e. The molecule has 0 aliphatic carbocycles. The van der Waals surface area contributed by atoms with Gasteiger partial charge in [-0.3, -0.25) is 0 Å². The molecule has 0 saturated carbocycles. The van der Waals surface area contributed by atoms with Gasteiger partial charge in [-0.15, -0.1) is 10.2 Å². The van der Waals surface area contributed by atoms with E-state index in [1.54, 1.807) is 11.5 Å². The molecule has 0 radical (unpaired) electrons. The molecule has 0 atom stereocenters. The lowest BCUT2D eigenvalue weighted by molar-refractivity contribution is 0.130. The van der Waals surface area contributed by atoms with Crippen LogP contribution in [0, 0.1) is 6.92 Å². The van der Waals surface area contributed by atoms with Crippen LogP contribution in [0.25, 0.3) is 0 Å². The van der Waals surface area contributed by atoms with Crippen LogP contribution in [0.2, 0.25) is 0 Å². The van der Waals surface area contributed by atoms with Gasteiger partial charge in [0, 0.05) is 6.04 Å². The quantitative estimate of drug-likeness (QED) is 0.813. The zero-order chi connectivity index (χ0) is 10.8. The molecule has 0 amide bonds. The molecule has 84 valence electrons. The summed E-state index contributed by atoms with van der Waals surface area (Å²) >= 11 is 0. The van der Waals surface area contributed by atoms with Gasteiger partial charge in [0.05, 0.1) is 0 Å². The highest BCUT2D eigenvalue weighted by molar-refractivity contribution is 4.99. The van der Waals surface area contributed by atoms with Gasteiger partial charge in [0.2, 0.25) is 0 Å². The molecule has 0 unspecified atom stereocenters. The van der Waals surface area contributed by atoms with Crippen molar-refractivity contribution in [1.29, 1.82) is 0 Å². The highest BCUT2D eigenvalue weighted by Gasteiger charge is 2.25. The average Bonchev–Trinajstić information content (AvgIpc) is 2.61. The van der Waals surface area contributed by atoms with Gasteiger partial charge in [-0.1, -0.05) is 0 Å². The maximum absolute atomic E-state index is 12.7. The van der Waals surface area contributed by atoms with Crippen LogP contribution in [0.15, 0.2) is 0 Å². The maximum Gasteiger partial charge on any atom is 0.297 e. The minimum atomic E-state index is -2.54. The molecule has 1 fully saturated rings. The van der Waals surface area contributed by atoms with E-state index in [4.69, 9.17) is 0 Å². The molecule has 1 aliphatic heterocycles. The summed E-state index contributed by atoms with van der Waals surface area (Å²) in [6, 6.07) is 0.116. The summed E-state index contributed by atoms with van der Waals surface area (Å²) in [5.74, 6) is 0.386. The highest BCUT2D eigenvalue weighted by atomic mass is 19.3. The Kier molecular flexibility index (Phi) is 2.95. The van der Waals surface area contributed by atoms with E-state index >= 15 is 0 Å². The molecule has 0 spiro atoms. The molecular formula is C9H14F2N4. The van der Waals surface area contributed by atoms with Crippen LogP contribution in [0.1, 0.15) is 37.0 Å². The second kappa shape index (κ2) is 4.22. The normalized spacial score (nSPS) is 18.7. The summed E-state index contributed by atoms with van der Waals surface area (Å²) in [6.07, 6.45) is -0.821. The third kappa shape index (κ3) is 1.99. The standard InChI is InChI=1S/C9H14F2N4/c1-6-13-14-9(8(10)11)15(6)7-2-4-12-5-3-7/h7-8,12H,2-5H2,1H3. The number of alkyl halides is 2. The van der Waals surface area contributed by atoms with E-state index in [-0.39, 0.29) is 11.9 Å². The Labute approximate surface area is 86.7 Å². The molecule has 2 rings (SSSR count). The summed E-state index contributed by atoms with van der Waals surface area (Å²) in [7, 11) is 0. The first-order chi connectivity index (χ1) is 7.20. The predicted molar refractivity (Wildman–Crippen MR) is 50.9 cm³/mol. The van der Waals surface area contributed by atoms with E-state index in [0.29, 0.717) is 5.82 Å². The largest absolute Gasteiger partial charge is 0.317 e. The van der Waals surface area contributed by atoms with Crippen molar-refractivity contribution in [3.8, 4) is 0 Å². The Bertz CT molecular complexity index is 331. The molecule has 15 heavy (non-hydrogen) atoms. The van der Waals surface area contributed by atoms with E-state index in [9.17, 15) is 8.78 Å². The van der Waals surface area contributed by atoms with Crippen LogP contribution in [0.4, 0.5) is 8.78 Å². The number of halogens is 2. The molecule has 1 saturated heterocycles. The molecule has 1 aromatic heterocycles. The van der Waals surface area contributed by atoms with Crippen LogP contribution >= 0.6 is 0 Å². The second-order valence-corrected chi connectivity index (χ2v) is 3.76. The van der Waals surface area contributed by atoms with Gasteiger partial charge in [0.1, 0.15) is 5.82 Å². The number of hydrogen-bond donors (Lipinski definition) is 1. The van der Waals surface area contributed by atoms with E-state index in [1.165, 1.54) is 0 Å². The first-order valence-corrected chi connectivity index (χ1v) is 5.10. The fraction of sp³-hybridized carbons (Fsp3) is 0.778. The summed E-state index contributed by atoms with van der Waals surface area (Å²) in [4.78, 5) is 0. The third-order valence-corrected chi connectivity index (χ3v) is 2.76. The SMILES string of the molecule is Cc1nnc(C(F)F)n1C1CCNCC1. The van der Waals surface area contributed by atoms with Gasteiger partial charge in [-0.05, 0) is 32.9 Å². The number of nitrogens with one attached hydrogen (secondary N) is 1. The van der Waals surface area contributed by atoms with Gasteiger partial charge in [-0.2, -0.15) is 0 Å². The number of aryl methyl sites for hydroxylation is 1. The topological polar surface area (TPSA) is 42.7 Å². The zero-order valence-electron chi connectivity index (χ0n) is 8.58. The first-order valence-electron chi connectivity index (χ1n) is 5.10. The Morgan fingerprint density at radius 1 is 1.33 bits per heavy atom. The van der Waals surface area contributed by atoms with Gasteiger partial charge in [0.15, 0.2) is 5.82 Å². The van der Waals surface area contributed by atoms with E-state index in [1.807, 2.05) is 0 Å². The average molecular weight is 216 g/mol. The van der Waals surface area contributed by atoms with Gasteiger partial charge in [-0.25, -0.2) is 8.78 Å². The molecular weight excluding hydrogens is 202 g/mol. The fourth-order valence-electron chi connectivity index (χ4n) is 2.05. The molecule has 1 aliphatic rings. The molecule has 6 heteroatoms. The first kappa shape index (κ1) is 10.5. The van der Waals surface area contributed by atoms with Crippen molar-refractivity contribution in [2.45, 2.75) is 32.2 Å². The van der Waals surface area contributed by atoms with Gasteiger partial charge in [0.25, 0.3) is 6.43 Å². The molecule has 1 aromatic rings. The van der Waals surface area contributed by atoms with Crippen LogP contribution in [0.3, 0.4) is 0 Å². The lowest BCUT2D eigenvalue weighted by Crippen LogP contribution is -2.30. The lowest BCUT2D eigenvalue weighted by atomic mass is 10.1. The van der Waals surface area contributed by atoms with E-state index < -0.39 is 6.43 Å². The second-order valence-electron chi connectivity index (χ2n) is 3.76. The van der Waals surface area contributed by atoms with Crippen LogP contribution in [-0.4, -0.2) is 27.9 Å². The molecule has 2 heterocycles. The van der Waals surface area contributed by atoms with Crippen molar-refractivity contribution in [2.24, 2.45) is 0 Å². The number of piperidine rings is 1. The third-order valence-electron chi connectivity index (χ3n) is 2.76. The summed E-state index contributed by atoms with van der Waals surface area (Å²) in [6.45, 7) is 3.46. The van der Waals surface area contributed by atoms with Crippen molar-refractivity contribution in [3.63, 3.8) is 0 Å². The summed E-state index contributed by atoms with van der Waals surface area (Å²) < 4.78 is 26.9. The van der Waals surface area contributed by atoms with Gasteiger partial charge < -0.3 is 9.88 Å². The number of nitrogens with zero attached hydrogens (tertiary/aromatic N) is 3. The Hall–Kier alpha value is -1.04. The minimum absolute atomic E-state index is 0.116. The van der Waals surface area contributed by atoms with Crippen LogP contribution < -0.4 is 5.32 Å². The summed E-state index contributed by atoms with van der Waals surface area (Å²) in [5.41, 5.74) is 0. The zero-order valence-corrected chi connectivity index (χ0v) is 8.58.